The Bertz CT molecular complexity index is 406. The molecule has 9 atom stereocenters. The van der Waals surface area contributed by atoms with E-state index < -0.39 is 43.1 Å². The maximum atomic E-state index is 10.9. The van der Waals surface area contributed by atoms with Crippen molar-refractivity contribution < 1.29 is 40.1 Å². The van der Waals surface area contributed by atoms with Crippen molar-refractivity contribution in [3.8, 4) is 0 Å². The predicted molar refractivity (Wildman–Crippen MR) is 82.6 cm³/mol. The van der Waals surface area contributed by atoms with Crippen LogP contribution in [0.25, 0.3) is 0 Å². The molecule has 0 radical (unpaired) electrons. The van der Waals surface area contributed by atoms with Gasteiger partial charge in [-0.1, -0.05) is 13.8 Å². The monoisotopic (exact) mass is 350 g/mol. The zero-order valence-corrected chi connectivity index (χ0v) is 14.2. The van der Waals surface area contributed by atoms with Crippen LogP contribution < -0.4 is 0 Å². The van der Waals surface area contributed by atoms with Crippen LogP contribution in [0.4, 0.5) is 0 Å². The summed E-state index contributed by atoms with van der Waals surface area (Å²) in [7, 11) is 0. The van der Waals surface area contributed by atoms with Gasteiger partial charge < -0.3 is 40.1 Å². The molecule has 2 fully saturated rings. The summed E-state index contributed by atoms with van der Waals surface area (Å²) < 4.78 is 11.0. The molecule has 8 nitrogen and oxygen atoms in total. The fourth-order valence-corrected chi connectivity index (χ4v) is 3.53. The van der Waals surface area contributed by atoms with Crippen LogP contribution >= 0.6 is 0 Å². The van der Waals surface area contributed by atoms with Crippen LogP contribution in [0.2, 0.25) is 0 Å². The molecule has 0 aromatic heterocycles. The van der Waals surface area contributed by atoms with Crippen LogP contribution in [0.3, 0.4) is 0 Å². The maximum absolute atomic E-state index is 10.9. The van der Waals surface area contributed by atoms with Gasteiger partial charge in [0.05, 0.1) is 6.61 Å². The standard InChI is InChI=1S/C16H30O8/c1-8(6-17)10-4-3-9(2)16(22,5-10)24-15-14(21)13(20)12(19)11(7-18)23-15/h8-15,17-22H,3-7H2,1-2H3/t8-,9-,10+,11+,12+,13-,14+,15-,16-/m0/s1. The topological polar surface area (TPSA) is 140 Å². The van der Waals surface area contributed by atoms with Gasteiger partial charge in [-0.25, -0.2) is 0 Å². The molecule has 0 aromatic rings. The normalized spacial score (nSPS) is 48.2. The summed E-state index contributed by atoms with van der Waals surface area (Å²) in [5.74, 6) is -1.75. The van der Waals surface area contributed by atoms with Gasteiger partial charge >= 0.3 is 0 Å². The van der Waals surface area contributed by atoms with Crippen LogP contribution in [0.5, 0.6) is 0 Å². The van der Waals surface area contributed by atoms with Gasteiger partial charge in [0, 0.05) is 18.9 Å². The van der Waals surface area contributed by atoms with Gasteiger partial charge in [-0.3, -0.25) is 0 Å². The number of aliphatic hydroxyl groups excluding tert-OH is 5. The van der Waals surface area contributed by atoms with E-state index in [1.165, 1.54) is 0 Å². The van der Waals surface area contributed by atoms with Crippen molar-refractivity contribution in [3.63, 3.8) is 0 Å². The molecule has 1 aliphatic carbocycles. The number of aliphatic hydroxyl groups is 6. The third-order valence-electron chi connectivity index (χ3n) is 5.56. The lowest BCUT2D eigenvalue weighted by molar-refractivity contribution is -0.380. The molecule has 0 bridgehead atoms. The third-order valence-corrected chi connectivity index (χ3v) is 5.56. The van der Waals surface area contributed by atoms with Gasteiger partial charge in [-0.05, 0) is 24.7 Å². The molecule has 2 aliphatic rings. The molecule has 6 N–H and O–H groups in total. The summed E-state index contributed by atoms with van der Waals surface area (Å²) in [5.41, 5.74) is 0. The Hall–Kier alpha value is -0.320. The summed E-state index contributed by atoms with van der Waals surface area (Å²) in [6.07, 6.45) is -5.20. The van der Waals surface area contributed by atoms with E-state index in [1.807, 2.05) is 13.8 Å². The first-order valence-electron chi connectivity index (χ1n) is 8.55. The minimum Gasteiger partial charge on any atom is -0.396 e. The fraction of sp³-hybridized carbons (Fsp3) is 1.00. The highest BCUT2D eigenvalue weighted by Crippen LogP contribution is 2.42. The summed E-state index contributed by atoms with van der Waals surface area (Å²) in [4.78, 5) is 0. The number of ether oxygens (including phenoxy) is 2. The summed E-state index contributed by atoms with van der Waals surface area (Å²) >= 11 is 0. The zero-order chi connectivity index (χ0) is 18.1. The Kier molecular flexibility index (Phi) is 6.60. The summed E-state index contributed by atoms with van der Waals surface area (Å²) in [5, 5.41) is 59.2. The van der Waals surface area contributed by atoms with Crippen molar-refractivity contribution in [2.45, 2.75) is 69.6 Å². The van der Waals surface area contributed by atoms with E-state index in [0.29, 0.717) is 6.42 Å². The smallest absolute Gasteiger partial charge is 0.189 e. The summed E-state index contributed by atoms with van der Waals surface area (Å²) in [6.45, 7) is 3.18. The van der Waals surface area contributed by atoms with Crippen LogP contribution in [0, 0.1) is 17.8 Å². The van der Waals surface area contributed by atoms with Crippen molar-refractivity contribution in [2.24, 2.45) is 17.8 Å². The molecular weight excluding hydrogens is 320 g/mol. The largest absolute Gasteiger partial charge is 0.396 e. The minimum absolute atomic E-state index is 0.00225. The molecule has 24 heavy (non-hydrogen) atoms. The summed E-state index contributed by atoms with van der Waals surface area (Å²) in [6, 6.07) is 0. The highest BCUT2D eigenvalue weighted by Gasteiger charge is 2.50. The Labute approximate surface area is 141 Å². The Morgan fingerprint density at radius 1 is 1.12 bits per heavy atom. The highest BCUT2D eigenvalue weighted by molar-refractivity contribution is 4.92. The van der Waals surface area contributed by atoms with Crippen LogP contribution in [0.1, 0.15) is 33.1 Å². The number of hydrogen-bond acceptors (Lipinski definition) is 8. The van der Waals surface area contributed by atoms with Crippen molar-refractivity contribution in [3.05, 3.63) is 0 Å². The second-order valence-electron chi connectivity index (χ2n) is 7.26. The first-order chi connectivity index (χ1) is 11.2. The van der Waals surface area contributed by atoms with Gasteiger partial charge in [0.2, 0.25) is 0 Å². The maximum Gasteiger partial charge on any atom is 0.189 e. The predicted octanol–water partition coefficient (Wildman–Crippen LogP) is -1.44. The molecule has 1 saturated carbocycles. The molecule has 1 saturated heterocycles. The van der Waals surface area contributed by atoms with Crippen molar-refractivity contribution >= 4 is 0 Å². The van der Waals surface area contributed by atoms with Crippen LogP contribution in [-0.2, 0) is 9.47 Å². The third kappa shape index (κ3) is 3.91. The molecule has 0 aromatic carbocycles. The molecule has 8 heteroatoms. The number of hydrogen-bond donors (Lipinski definition) is 6. The van der Waals surface area contributed by atoms with E-state index in [9.17, 15) is 30.6 Å². The van der Waals surface area contributed by atoms with Gasteiger partial charge in [0.15, 0.2) is 12.1 Å². The van der Waals surface area contributed by atoms with Crippen molar-refractivity contribution in [1.29, 1.82) is 0 Å². The molecule has 1 heterocycles. The van der Waals surface area contributed by atoms with E-state index >= 15 is 0 Å². The van der Waals surface area contributed by atoms with Crippen LogP contribution in [-0.4, -0.2) is 80.3 Å². The molecule has 2 rings (SSSR count). The van der Waals surface area contributed by atoms with E-state index in [4.69, 9.17) is 9.47 Å². The lowest BCUT2D eigenvalue weighted by Gasteiger charge is -2.47. The quantitative estimate of drug-likeness (QED) is 0.331. The lowest BCUT2D eigenvalue weighted by atomic mass is 9.73. The Morgan fingerprint density at radius 2 is 1.79 bits per heavy atom. The van der Waals surface area contributed by atoms with Crippen molar-refractivity contribution in [2.75, 3.05) is 13.2 Å². The lowest BCUT2D eigenvalue weighted by Crippen LogP contribution is -2.62. The first-order valence-corrected chi connectivity index (χ1v) is 8.55. The van der Waals surface area contributed by atoms with E-state index in [0.717, 1.165) is 6.42 Å². The van der Waals surface area contributed by atoms with E-state index in [1.54, 1.807) is 0 Å². The molecule has 0 unspecified atom stereocenters. The first kappa shape index (κ1) is 20.0. The second-order valence-corrected chi connectivity index (χ2v) is 7.26. The minimum atomic E-state index is -1.58. The molecule has 0 amide bonds. The molecule has 142 valence electrons. The van der Waals surface area contributed by atoms with Gasteiger partial charge in [0.1, 0.15) is 24.4 Å². The van der Waals surface area contributed by atoms with Gasteiger partial charge in [0.25, 0.3) is 0 Å². The van der Waals surface area contributed by atoms with Gasteiger partial charge in [-0.2, -0.15) is 0 Å². The van der Waals surface area contributed by atoms with E-state index in [2.05, 4.69) is 0 Å². The SMILES string of the molecule is C[C@@H](CO)[C@@H]1CC[C@H](C)[C@@](O)(O[C@@H]2O[C@H](CO)[C@@H](O)[C@H](O)[C@H]2O)C1. The average molecular weight is 350 g/mol. The average Bonchev–Trinajstić information content (AvgIpc) is 2.57. The molecule has 0 spiro atoms. The Morgan fingerprint density at radius 3 is 2.38 bits per heavy atom. The fourth-order valence-electron chi connectivity index (χ4n) is 3.53. The molecule has 1 aliphatic heterocycles. The van der Waals surface area contributed by atoms with Crippen LogP contribution in [0.15, 0.2) is 0 Å². The zero-order valence-electron chi connectivity index (χ0n) is 14.2. The van der Waals surface area contributed by atoms with Gasteiger partial charge in [-0.15, -0.1) is 0 Å². The highest BCUT2D eigenvalue weighted by atomic mass is 16.8. The number of rotatable bonds is 5. The van der Waals surface area contributed by atoms with Crippen molar-refractivity contribution in [1.82, 2.24) is 0 Å². The Balaban J connectivity index is 2.11. The second kappa shape index (κ2) is 7.92. The molecular formula is C16H30O8. The van der Waals surface area contributed by atoms with E-state index in [-0.39, 0.29) is 30.8 Å².